The average Bonchev–Trinajstić information content (AvgIpc) is 2.49. The quantitative estimate of drug-likeness (QED) is 0.636. The maximum Gasteiger partial charge on any atom is 0.238 e. The Balaban J connectivity index is 2.58. The molecule has 0 aromatic carbocycles. The van der Waals surface area contributed by atoms with Crippen molar-refractivity contribution in [1.82, 2.24) is 5.32 Å². The van der Waals surface area contributed by atoms with Crippen molar-refractivity contribution in [2.45, 2.75) is 24.1 Å². The van der Waals surface area contributed by atoms with Gasteiger partial charge in [-0.2, -0.15) is 11.8 Å². The maximum absolute atomic E-state index is 11.4. The molecule has 1 fully saturated rings. The molecule has 4 nitrogen and oxygen atoms in total. The van der Waals surface area contributed by atoms with Gasteiger partial charge in [0.25, 0.3) is 0 Å². The first kappa shape index (κ1) is 11.8. The van der Waals surface area contributed by atoms with Gasteiger partial charge in [0.1, 0.15) is 5.54 Å². The molecule has 14 heavy (non-hydrogen) atoms. The number of methoxy groups -OCH3 is 1. The minimum absolute atomic E-state index is 0.244. The zero-order valence-electron chi connectivity index (χ0n) is 8.71. The summed E-state index contributed by atoms with van der Waals surface area (Å²) in [5, 5.41) is 3.47. The molecule has 0 spiro atoms. The highest BCUT2D eigenvalue weighted by molar-refractivity contribution is 8.00. The van der Waals surface area contributed by atoms with Gasteiger partial charge in [0.2, 0.25) is 5.91 Å². The Morgan fingerprint density at radius 2 is 2.50 bits per heavy atom. The summed E-state index contributed by atoms with van der Waals surface area (Å²) >= 11 is 1.79. The van der Waals surface area contributed by atoms with Crippen LogP contribution in [0.25, 0.3) is 0 Å². The van der Waals surface area contributed by atoms with Gasteiger partial charge in [0.05, 0.1) is 6.61 Å². The molecule has 1 amide bonds. The summed E-state index contributed by atoms with van der Waals surface area (Å²) in [6, 6.07) is 0. The number of ether oxygens (including phenoxy) is 1. The van der Waals surface area contributed by atoms with E-state index in [2.05, 4.69) is 5.32 Å². The van der Waals surface area contributed by atoms with Gasteiger partial charge in [0, 0.05) is 18.9 Å². The van der Waals surface area contributed by atoms with E-state index in [4.69, 9.17) is 10.5 Å². The highest BCUT2D eigenvalue weighted by atomic mass is 32.2. The minimum atomic E-state index is -0.525. The average molecular weight is 218 g/mol. The summed E-state index contributed by atoms with van der Waals surface area (Å²) in [5.41, 5.74) is 4.93. The van der Waals surface area contributed by atoms with Crippen LogP contribution in [0, 0.1) is 0 Å². The number of hydrogen-bond donors (Lipinski definition) is 2. The van der Waals surface area contributed by atoms with E-state index >= 15 is 0 Å². The molecule has 0 aromatic rings. The van der Waals surface area contributed by atoms with Crippen molar-refractivity contribution in [2.24, 2.45) is 5.73 Å². The third kappa shape index (κ3) is 2.21. The Kier molecular flexibility index (Phi) is 4.22. The Morgan fingerprint density at radius 1 is 1.79 bits per heavy atom. The molecule has 5 heteroatoms. The van der Waals surface area contributed by atoms with Gasteiger partial charge in [-0.25, -0.2) is 0 Å². The second-order valence-electron chi connectivity index (χ2n) is 3.52. The number of nitrogens with one attached hydrogen (secondary N) is 1. The lowest BCUT2D eigenvalue weighted by Crippen LogP contribution is -2.59. The molecule has 1 aliphatic heterocycles. The van der Waals surface area contributed by atoms with Gasteiger partial charge in [-0.05, 0) is 12.2 Å². The summed E-state index contributed by atoms with van der Waals surface area (Å²) in [6.45, 7) is 3.32. The molecule has 1 heterocycles. The second-order valence-corrected chi connectivity index (χ2v) is 4.97. The van der Waals surface area contributed by atoms with Crippen molar-refractivity contribution >= 4 is 17.7 Å². The summed E-state index contributed by atoms with van der Waals surface area (Å²) in [4.78, 5) is 11.4. The third-order valence-electron chi connectivity index (χ3n) is 2.74. The number of thioether (sulfide) groups is 1. The summed E-state index contributed by atoms with van der Waals surface area (Å²) in [7, 11) is 1.64. The van der Waals surface area contributed by atoms with Crippen LogP contribution in [0.4, 0.5) is 0 Å². The van der Waals surface area contributed by atoms with Gasteiger partial charge >= 0.3 is 0 Å². The van der Waals surface area contributed by atoms with Gasteiger partial charge in [-0.1, -0.05) is 6.92 Å². The Morgan fingerprint density at radius 3 is 2.93 bits per heavy atom. The van der Waals surface area contributed by atoms with E-state index in [9.17, 15) is 4.79 Å². The molecule has 2 atom stereocenters. The molecule has 1 saturated heterocycles. The van der Waals surface area contributed by atoms with E-state index in [1.165, 1.54) is 0 Å². The number of hydrogen-bond acceptors (Lipinski definition) is 4. The van der Waals surface area contributed by atoms with E-state index in [1.807, 2.05) is 6.92 Å². The molecule has 1 aliphatic rings. The molecule has 3 N–H and O–H groups in total. The standard InChI is InChI=1S/C9H18N2O2S/c1-7-9(8(10)12,3-6-14-7)11-4-5-13-2/h7,11H,3-6H2,1-2H3,(H2,10,12). The van der Waals surface area contributed by atoms with Crippen molar-refractivity contribution in [3.63, 3.8) is 0 Å². The van der Waals surface area contributed by atoms with Crippen molar-refractivity contribution in [2.75, 3.05) is 26.0 Å². The fourth-order valence-corrected chi connectivity index (χ4v) is 3.16. The normalized spacial score (nSPS) is 32.0. The zero-order valence-corrected chi connectivity index (χ0v) is 9.52. The molecule has 82 valence electrons. The van der Waals surface area contributed by atoms with Gasteiger partial charge in [-0.15, -0.1) is 0 Å². The van der Waals surface area contributed by atoms with Crippen LogP contribution in [0.1, 0.15) is 13.3 Å². The number of carbonyl (C=O) groups excluding carboxylic acids is 1. The lowest BCUT2D eigenvalue weighted by molar-refractivity contribution is -0.124. The Bertz CT molecular complexity index is 213. The van der Waals surface area contributed by atoms with Crippen LogP contribution in [-0.2, 0) is 9.53 Å². The number of primary amides is 1. The second kappa shape index (κ2) is 5.00. The number of carbonyl (C=O) groups is 1. The molecule has 0 bridgehead atoms. The van der Waals surface area contributed by atoms with E-state index in [0.717, 1.165) is 12.2 Å². The number of amides is 1. The highest BCUT2D eigenvalue weighted by Gasteiger charge is 2.45. The first-order chi connectivity index (χ1) is 6.63. The maximum atomic E-state index is 11.4. The van der Waals surface area contributed by atoms with Crippen LogP contribution in [-0.4, -0.2) is 42.7 Å². The molecular formula is C9H18N2O2S. The minimum Gasteiger partial charge on any atom is -0.383 e. The zero-order chi connectivity index (χ0) is 10.6. The van der Waals surface area contributed by atoms with Crippen LogP contribution < -0.4 is 11.1 Å². The molecule has 0 aliphatic carbocycles. The van der Waals surface area contributed by atoms with Gasteiger partial charge < -0.3 is 15.8 Å². The SMILES string of the molecule is COCCNC1(C(N)=O)CCSC1C. The first-order valence-corrected chi connectivity index (χ1v) is 5.84. The third-order valence-corrected chi connectivity index (χ3v) is 4.09. The van der Waals surface area contributed by atoms with Crippen LogP contribution in [0.2, 0.25) is 0 Å². The van der Waals surface area contributed by atoms with E-state index in [0.29, 0.717) is 13.2 Å². The fraction of sp³-hybridized carbons (Fsp3) is 0.889. The monoisotopic (exact) mass is 218 g/mol. The van der Waals surface area contributed by atoms with E-state index in [-0.39, 0.29) is 11.2 Å². The summed E-state index contributed by atoms with van der Waals surface area (Å²) in [6.07, 6.45) is 0.817. The van der Waals surface area contributed by atoms with Crippen molar-refractivity contribution in [3.8, 4) is 0 Å². The topological polar surface area (TPSA) is 64.3 Å². The molecule has 0 saturated carbocycles. The lowest BCUT2D eigenvalue weighted by Gasteiger charge is -2.30. The van der Waals surface area contributed by atoms with Crippen LogP contribution >= 0.6 is 11.8 Å². The van der Waals surface area contributed by atoms with Crippen LogP contribution in [0.15, 0.2) is 0 Å². The van der Waals surface area contributed by atoms with Gasteiger partial charge in [-0.3, -0.25) is 4.79 Å². The number of rotatable bonds is 5. The van der Waals surface area contributed by atoms with Crippen molar-refractivity contribution < 1.29 is 9.53 Å². The van der Waals surface area contributed by atoms with Crippen LogP contribution in [0.5, 0.6) is 0 Å². The molecule has 0 radical (unpaired) electrons. The molecule has 0 aromatic heterocycles. The van der Waals surface area contributed by atoms with E-state index in [1.54, 1.807) is 18.9 Å². The largest absolute Gasteiger partial charge is 0.383 e. The molecule has 2 unspecified atom stereocenters. The highest BCUT2D eigenvalue weighted by Crippen LogP contribution is 2.35. The molecule has 1 rings (SSSR count). The predicted octanol–water partition coefficient (Wildman–Crippen LogP) is -0.0281. The molecular weight excluding hydrogens is 200 g/mol. The summed E-state index contributed by atoms with van der Waals surface area (Å²) in [5.74, 6) is 0.746. The predicted molar refractivity (Wildman–Crippen MR) is 58.3 cm³/mol. The fourth-order valence-electron chi connectivity index (χ4n) is 1.76. The van der Waals surface area contributed by atoms with Crippen molar-refractivity contribution in [1.29, 1.82) is 0 Å². The Labute approximate surface area is 88.9 Å². The number of nitrogens with two attached hydrogens (primary N) is 1. The van der Waals surface area contributed by atoms with Crippen molar-refractivity contribution in [3.05, 3.63) is 0 Å². The Hall–Kier alpha value is -0.260. The van der Waals surface area contributed by atoms with Crippen LogP contribution in [0.3, 0.4) is 0 Å². The van der Waals surface area contributed by atoms with Gasteiger partial charge in [0.15, 0.2) is 0 Å². The first-order valence-electron chi connectivity index (χ1n) is 4.79. The van der Waals surface area contributed by atoms with E-state index < -0.39 is 5.54 Å². The lowest BCUT2D eigenvalue weighted by atomic mass is 9.92. The smallest absolute Gasteiger partial charge is 0.238 e. The summed E-state index contributed by atoms with van der Waals surface area (Å²) < 4.78 is 4.94.